The summed E-state index contributed by atoms with van der Waals surface area (Å²) in [5, 5.41) is 6.04. The van der Waals surface area contributed by atoms with Gasteiger partial charge in [-0.3, -0.25) is 19.3 Å². The highest BCUT2D eigenvalue weighted by molar-refractivity contribution is 6.45. The predicted octanol–water partition coefficient (Wildman–Crippen LogP) is 1.29. The minimum absolute atomic E-state index is 0.140. The van der Waals surface area contributed by atoms with Gasteiger partial charge in [-0.25, -0.2) is 9.69 Å². The molecule has 0 spiro atoms. The Morgan fingerprint density at radius 2 is 2.00 bits per heavy atom. The molecule has 1 aliphatic carbocycles. The lowest BCUT2D eigenvalue weighted by atomic mass is 9.85. The van der Waals surface area contributed by atoms with Gasteiger partial charge in [0.1, 0.15) is 12.3 Å². The van der Waals surface area contributed by atoms with Crippen LogP contribution in [0.3, 0.4) is 0 Å². The number of hydrogen-bond donors (Lipinski definition) is 1. The molecule has 0 radical (unpaired) electrons. The Kier molecular flexibility index (Phi) is 4.56. The van der Waals surface area contributed by atoms with Crippen LogP contribution >= 0.6 is 0 Å². The molecule has 9 heteroatoms. The fourth-order valence-electron chi connectivity index (χ4n) is 3.39. The summed E-state index contributed by atoms with van der Waals surface area (Å²) in [6, 6.07) is 0.497. The van der Waals surface area contributed by atoms with Crippen LogP contribution in [0.15, 0.2) is 10.6 Å². The minimum atomic E-state index is -0.964. The van der Waals surface area contributed by atoms with Crippen LogP contribution in [-0.4, -0.2) is 51.3 Å². The Bertz CT molecular complexity index is 728. The smallest absolute Gasteiger partial charge is 0.334 e. The van der Waals surface area contributed by atoms with Gasteiger partial charge in [-0.05, 0) is 25.7 Å². The number of aryl methyl sites for hydroxylation is 1. The molecule has 25 heavy (non-hydrogen) atoms. The number of hydrogen-bond acceptors (Lipinski definition) is 6. The van der Waals surface area contributed by atoms with Gasteiger partial charge in [-0.15, -0.1) is 0 Å². The first-order valence-corrected chi connectivity index (χ1v) is 8.30. The maximum Gasteiger partial charge on any atom is 0.334 e. The zero-order chi connectivity index (χ0) is 18.1. The number of aromatic nitrogens is 1. The van der Waals surface area contributed by atoms with Crippen LogP contribution in [0.1, 0.15) is 38.4 Å². The average molecular weight is 348 g/mol. The number of nitrogens with one attached hydrogen (secondary N) is 1. The van der Waals surface area contributed by atoms with Crippen LogP contribution in [0.4, 0.5) is 10.6 Å². The lowest BCUT2D eigenvalue weighted by molar-refractivity contribution is -0.145. The van der Waals surface area contributed by atoms with Gasteiger partial charge in [0.05, 0.1) is 0 Å². The average Bonchev–Trinajstić information content (AvgIpc) is 3.06. The topological polar surface area (TPSA) is 113 Å². The van der Waals surface area contributed by atoms with E-state index in [0.29, 0.717) is 17.1 Å². The summed E-state index contributed by atoms with van der Waals surface area (Å²) in [5.74, 6) is -1.60. The van der Waals surface area contributed by atoms with E-state index in [1.165, 1.54) is 6.07 Å². The van der Waals surface area contributed by atoms with E-state index < -0.39 is 30.3 Å². The summed E-state index contributed by atoms with van der Waals surface area (Å²) >= 11 is 0. The van der Waals surface area contributed by atoms with Gasteiger partial charge in [0.2, 0.25) is 5.91 Å². The van der Waals surface area contributed by atoms with Crippen molar-refractivity contribution in [2.75, 3.05) is 11.9 Å². The van der Waals surface area contributed by atoms with Crippen LogP contribution in [0, 0.1) is 12.8 Å². The molecule has 2 atom stereocenters. The molecule has 1 aromatic heterocycles. The SMILES string of the molecule is Cc1cc(NC(=O)CN2C(=O)C(=O)N([C@@H]3CCCC[C@H]3C)C2=O)no1. The normalized spacial score (nSPS) is 24.2. The van der Waals surface area contributed by atoms with Crippen LogP contribution < -0.4 is 5.32 Å². The molecule has 2 fully saturated rings. The molecule has 1 saturated heterocycles. The zero-order valence-electron chi connectivity index (χ0n) is 14.2. The van der Waals surface area contributed by atoms with Crippen molar-refractivity contribution in [3.8, 4) is 0 Å². The largest absolute Gasteiger partial charge is 0.360 e. The first-order chi connectivity index (χ1) is 11.9. The van der Waals surface area contributed by atoms with Gasteiger partial charge in [-0.2, -0.15) is 0 Å². The molecule has 9 nitrogen and oxygen atoms in total. The van der Waals surface area contributed by atoms with Gasteiger partial charge in [0.15, 0.2) is 5.82 Å². The quantitative estimate of drug-likeness (QED) is 0.648. The molecule has 1 saturated carbocycles. The molecule has 2 aliphatic rings. The third-order valence-electron chi connectivity index (χ3n) is 4.68. The van der Waals surface area contributed by atoms with Gasteiger partial charge < -0.3 is 9.84 Å². The van der Waals surface area contributed by atoms with E-state index in [0.717, 1.165) is 24.2 Å². The van der Waals surface area contributed by atoms with E-state index in [-0.39, 0.29) is 17.8 Å². The van der Waals surface area contributed by atoms with Crippen molar-refractivity contribution in [2.45, 2.75) is 45.6 Å². The van der Waals surface area contributed by atoms with Crippen molar-refractivity contribution in [1.29, 1.82) is 0 Å². The summed E-state index contributed by atoms with van der Waals surface area (Å²) in [6.07, 6.45) is 3.55. The minimum Gasteiger partial charge on any atom is -0.360 e. The van der Waals surface area contributed by atoms with Crippen molar-refractivity contribution >= 4 is 29.6 Å². The molecule has 2 heterocycles. The zero-order valence-corrected chi connectivity index (χ0v) is 14.2. The van der Waals surface area contributed by atoms with Crippen LogP contribution in [0.5, 0.6) is 0 Å². The molecular formula is C16H20N4O5. The molecular weight excluding hydrogens is 328 g/mol. The summed E-state index contributed by atoms with van der Waals surface area (Å²) in [7, 11) is 0. The van der Waals surface area contributed by atoms with Crippen molar-refractivity contribution in [2.24, 2.45) is 5.92 Å². The third kappa shape index (κ3) is 3.26. The van der Waals surface area contributed by atoms with Crippen LogP contribution in [0.2, 0.25) is 0 Å². The number of amides is 5. The van der Waals surface area contributed by atoms with Gasteiger partial charge >= 0.3 is 17.8 Å². The second-order valence-electron chi connectivity index (χ2n) is 6.55. The summed E-state index contributed by atoms with van der Waals surface area (Å²) in [4.78, 5) is 50.8. The van der Waals surface area contributed by atoms with E-state index in [9.17, 15) is 19.2 Å². The summed E-state index contributed by atoms with van der Waals surface area (Å²) in [6.45, 7) is 3.10. The number of urea groups is 1. The molecule has 0 unspecified atom stereocenters. The van der Waals surface area contributed by atoms with Crippen molar-refractivity contribution < 1.29 is 23.7 Å². The lowest BCUT2D eigenvalue weighted by Gasteiger charge is -2.34. The third-order valence-corrected chi connectivity index (χ3v) is 4.68. The Hall–Kier alpha value is -2.71. The van der Waals surface area contributed by atoms with Gasteiger partial charge in [0.25, 0.3) is 0 Å². The number of imide groups is 2. The van der Waals surface area contributed by atoms with E-state index in [1.54, 1.807) is 6.92 Å². The summed E-state index contributed by atoms with van der Waals surface area (Å²) < 4.78 is 4.83. The Morgan fingerprint density at radius 1 is 1.28 bits per heavy atom. The van der Waals surface area contributed by atoms with E-state index in [4.69, 9.17) is 4.52 Å². The molecule has 134 valence electrons. The molecule has 5 amide bonds. The number of anilines is 1. The van der Waals surface area contributed by atoms with Crippen LogP contribution in [-0.2, 0) is 14.4 Å². The molecule has 0 aromatic carbocycles. The number of nitrogens with zero attached hydrogens (tertiary/aromatic N) is 3. The Labute approximate surface area is 144 Å². The highest BCUT2D eigenvalue weighted by Gasteiger charge is 2.49. The summed E-state index contributed by atoms with van der Waals surface area (Å²) in [5.41, 5.74) is 0. The Balaban J connectivity index is 1.69. The van der Waals surface area contributed by atoms with E-state index >= 15 is 0 Å². The highest BCUT2D eigenvalue weighted by Crippen LogP contribution is 2.31. The molecule has 1 aromatic rings. The van der Waals surface area contributed by atoms with Crippen LogP contribution in [0.25, 0.3) is 0 Å². The van der Waals surface area contributed by atoms with E-state index in [2.05, 4.69) is 10.5 Å². The maximum absolute atomic E-state index is 12.6. The Morgan fingerprint density at radius 3 is 2.64 bits per heavy atom. The standard InChI is InChI=1S/C16H20N4O5/c1-9-5-3-4-6-11(9)20-15(23)14(22)19(16(20)24)8-13(21)17-12-7-10(2)25-18-12/h7,9,11H,3-6,8H2,1-2H3,(H,17,18,21)/t9-,11-/m1/s1. The number of rotatable bonds is 4. The molecule has 1 N–H and O–H groups in total. The second-order valence-corrected chi connectivity index (χ2v) is 6.55. The van der Waals surface area contributed by atoms with Crippen molar-refractivity contribution in [3.63, 3.8) is 0 Å². The first kappa shape index (κ1) is 17.1. The first-order valence-electron chi connectivity index (χ1n) is 8.30. The van der Waals surface area contributed by atoms with Gasteiger partial charge in [-0.1, -0.05) is 24.9 Å². The fraction of sp³-hybridized carbons (Fsp3) is 0.562. The predicted molar refractivity (Wildman–Crippen MR) is 85.2 cm³/mol. The van der Waals surface area contributed by atoms with Crippen molar-refractivity contribution in [1.82, 2.24) is 15.0 Å². The van der Waals surface area contributed by atoms with Crippen molar-refractivity contribution in [3.05, 3.63) is 11.8 Å². The monoisotopic (exact) mass is 348 g/mol. The van der Waals surface area contributed by atoms with E-state index in [1.807, 2.05) is 6.92 Å². The fourth-order valence-corrected chi connectivity index (χ4v) is 3.39. The highest BCUT2D eigenvalue weighted by atomic mass is 16.5. The molecule has 1 aliphatic heterocycles. The molecule has 3 rings (SSSR count). The second kappa shape index (κ2) is 6.66. The maximum atomic E-state index is 12.6. The number of carbonyl (C=O) groups is 4. The molecule has 0 bridgehead atoms. The lowest BCUT2D eigenvalue weighted by Crippen LogP contribution is -2.46. The van der Waals surface area contributed by atoms with Gasteiger partial charge in [0, 0.05) is 12.1 Å². The number of carbonyl (C=O) groups excluding carboxylic acids is 4.